The molecule has 0 heterocycles. The van der Waals surface area contributed by atoms with Crippen LogP contribution in [0.25, 0.3) is 0 Å². The van der Waals surface area contributed by atoms with Crippen LogP contribution in [0.4, 0.5) is 5.69 Å². The average Bonchev–Trinajstić information content (AvgIpc) is 2.45. The summed E-state index contributed by atoms with van der Waals surface area (Å²) in [6.45, 7) is 5.30. The zero-order chi connectivity index (χ0) is 17.8. The van der Waals surface area contributed by atoms with Gasteiger partial charge in [-0.3, -0.25) is 9.59 Å². The molecule has 0 aliphatic rings. The molecule has 0 bridgehead atoms. The van der Waals surface area contributed by atoms with Crippen molar-refractivity contribution in [2.45, 2.75) is 17.9 Å². The zero-order valence-corrected chi connectivity index (χ0v) is 13.6. The van der Waals surface area contributed by atoms with Crippen LogP contribution in [0.1, 0.15) is 17.3 Å². The number of nitrogens with two attached hydrogens (primary N) is 1. The van der Waals surface area contributed by atoms with Crippen molar-refractivity contribution in [1.29, 1.82) is 0 Å². The molecule has 1 amide bonds. The van der Waals surface area contributed by atoms with Crippen LogP contribution in [0.15, 0.2) is 35.7 Å². The number of amides is 1. The number of primary sulfonamides is 1. The molecule has 0 unspecified atom stereocenters. The molecule has 0 aliphatic heterocycles. The smallest absolute Gasteiger partial charge is 0.325 e. The van der Waals surface area contributed by atoms with Crippen molar-refractivity contribution in [2.75, 3.05) is 18.5 Å². The van der Waals surface area contributed by atoms with Crippen molar-refractivity contribution in [3.8, 4) is 0 Å². The number of aliphatic carboxylic acids is 1. The zero-order valence-electron chi connectivity index (χ0n) is 12.8. The Balaban J connectivity index is 3.35. The highest BCUT2D eigenvalue weighted by Gasteiger charge is 2.21. The standard InChI is InChI=1S/C14H19N3O5S/c1-4-7-17(3)12-6-5-10(23(15,21)22)8-11(12)13(18)16-9(2)14(19)20/h4-6,8-9H,1,7H2,2-3H3,(H,16,18)(H,19,20)(H2,15,21,22)/t9-/m0/s1. The van der Waals surface area contributed by atoms with Crippen molar-refractivity contribution < 1.29 is 23.1 Å². The molecule has 4 N–H and O–H groups in total. The first-order valence-electron chi connectivity index (χ1n) is 6.60. The van der Waals surface area contributed by atoms with E-state index in [4.69, 9.17) is 10.2 Å². The number of nitrogens with one attached hydrogen (secondary N) is 1. The average molecular weight is 341 g/mol. The van der Waals surface area contributed by atoms with Crippen LogP contribution < -0.4 is 15.4 Å². The molecule has 0 aliphatic carbocycles. The number of benzene rings is 1. The Bertz CT molecular complexity index is 730. The number of carboxylic acids is 1. The lowest BCUT2D eigenvalue weighted by Gasteiger charge is -2.21. The summed E-state index contributed by atoms with van der Waals surface area (Å²) in [5, 5.41) is 16.2. The lowest BCUT2D eigenvalue weighted by Crippen LogP contribution is -2.39. The molecule has 0 saturated heterocycles. The molecule has 0 aromatic heterocycles. The predicted octanol–water partition coefficient (Wildman–Crippen LogP) is 0.159. The third-order valence-corrected chi connectivity index (χ3v) is 3.98. The third-order valence-electron chi connectivity index (χ3n) is 3.07. The van der Waals surface area contributed by atoms with Gasteiger partial charge in [0.25, 0.3) is 5.91 Å². The highest BCUT2D eigenvalue weighted by Crippen LogP contribution is 2.23. The van der Waals surface area contributed by atoms with Gasteiger partial charge in [0, 0.05) is 19.3 Å². The second-order valence-electron chi connectivity index (χ2n) is 4.93. The monoisotopic (exact) mass is 341 g/mol. The molecule has 1 aromatic carbocycles. The maximum absolute atomic E-state index is 12.3. The van der Waals surface area contributed by atoms with Crippen molar-refractivity contribution in [1.82, 2.24) is 5.32 Å². The minimum Gasteiger partial charge on any atom is -0.480 e. The molecule has 0 radical (unpaired) electrons. The van der Waals surface area contributed by atoms with E-state index in [-0.39, 0.29) is 10.5 Å². The highest BCUT2D eigenvalue weighted by molar-refractivity contribution is 7.89. The van der Waals surface area contributed by atoms with E-state index in [1.54, 1.807) is 18.0 Å². The number of nitrogens with zero attached hydrogens (tertiary/aromatic N) is 1. The molecule has 8 nitrogen and oxygen atoms in total. The van der Waals surface area contributed by atoms with Crippen LogP contribution in [-0.2, 0) is 14.8 Å². The van der Waals surface area contributed by atoms with Crippen LogP contribution in [0.5, 0.6) is 0 Å². The van der Waals surface area contributed by atoms with Crippen molar-refractivity contribution in [2.24, 2.45) is 5.14 Å². The summed E-state index contributed by atoms with van der Waals surface area (Å²) in [6.07, 6.45) is 1.61. The van der Waals surface area contributed by atoms with Gasteiger partial charge in [-0.2, -0.15) is 0 Å². The first kappa shape index (κ1) is 18.7. The summed E-state index contributed by atoms with van der Waals surface area (Å²) in [5.41, 5.74) is 0.432. The summed E-state index contributed by atoms with van der Waals surface area (Å²) in [5.74, 6) is -1.92. The topological polar surface area (TPSA) is 130 Å². The number of carbonyl (C=O) groups is 2. The molecule has 1 atom stereocenters. The van der Waals surface area contributed by atoms with Gasteiger partial charge >= 0.3 is 5.97 Å². The van der Waals surface area contributed by atoms with Gasteiger partial charge in [-0.1, -0.05) is 6.08 Å². The van der Waals surface area contributed by atoms with Gasteiger partial charge in [0.15, 0.2) is 0 Å². The van der Waals surface area contributed by atoms with E-state index >= 15 is 0 Å². The Kier molecular flexibility index (Phi) is 5.88. The summed E-state index contributed by atoms with van der Waals surface area (Å²) in [6, 6.07) is 2.71. The molecule has 1 aromatic rings. The van der Waals surface area contributed by atoms with E-state index in [0.717, 1.165) is 6.07 Å². The van der Waals surface area contributed by atoms with Crippen molar-refractivity contribution in [3.63, 3.8) is 0 Å². The molecule has 126 valence electrons. The van der Waals surface area contributed by atoms with E-state index in [1.165, 1.54) is 19.1 Å². The Morgan fingerprint density at radius 2 is 2.09 bits per heavy atom. The van der Waals surface area contributed by atoms with Gasteiger partial charge in [0.05, 0.1) is 10.5 Å². The van der Waals surface area contributed by atoms with Gasteiger partial charge in [-0.25, -0.2) is 13.6 Å². The lowest BCUT2D eigenvalue weighted by atomic mass is 10.1. The number of carboxylic acid groups (broad SMARTS) is 1. The fraction of sp³-hybridized carbons (Fsp3) is 0.286. The second-order valence-corrected chi connectivity index (χ2v) is 6.49. The predicted molar refractivity (Wildman–Crippen MR) is 85.8 cm³/mol. The van der Waals surface area contributed by atoms with E-state index in [2.05, 4.69) is 11.9 Å². The SMILES string of the molecule is C=CCN(C)c1ccc(S(N)(=O)=O)cc1C(=O)N[C@@H](C)C(=O)O. The van der Waals surface area contributed by atoms with Gasteiger partial charge in [0.2, 0.25) is 10.0 Å². The number of hydrogen-bond acceptors (Lipinski definition) is 5. The molecular weight excluding hydrogens is 322 g/mol. The molecule has 0 saturated carbocycles. The lowest BCUT2D eigenvalue weighted by molar-refractivity contribution is -0.138. The van der Waals surface area contributed by atoms with Crippen LogP contribution in [0.3, 0.4) is 0 Å². The first-order chi connectivity index (χ1) is 10.6. The maximum atomic E-state index is 12.3. The largest absolute Gasteiger partial charge is 0.480 e. The van der Waals surface area contributed by atoms with E-state index in [1.807, 2.05) is 0 Å². The number of hydrogen-bond donors (Lipinski definition) is 3. The summed E-state index contributed by atoms with van der Waals surface area (Å²) < 4.78 is 22.9. The minimum atomic E-state index is -3.99. The van der Waals surface area contributed by atoms with E-state index in [9.17, 15) is 18.0 Å². The number of rotatable bonds is 7. The minimum absolute atomic E-state index is 0.00831. The molecule has 23 heavy (non-hydrogen) atoms. The summed E-state index contributed by atoms with van der Waals surface area (Å²) in [4.78, 5) is 24.6. The van der Waals surface area contributed by atoms with Crippen LogP contribution in [0, 0.1) is 0 Å². The molecule has 1 rings (SSSR count). The summed E-state index contributed by atoms with van der Waals surface area (Å²) in [7, 11) is -2.31. The first-order valence-corrected chi connectivity index (χ1v) is 8.15. The Labute approximate surface area is 134 Å². The molecule has 9 heteroatoms. The number of likely N-dealkylation sites (N-methyl/N-ethyl adjacent to an activating group) is 1. The fourth-order valence-electron chi connectivity index (χ4n) is 1.83. The van der Waals surface area contributed by atoms with Crippen molar-refractivity contribution in [3.05, 3.63) is 36.4 Å². The fourth-order valence-corrected chi connectivity index (χ4v) is 2.37. The van der Waals surface area contributed by atoms with Gasteiger partial charge in [0.1, 0.15) is 6.04 Å². The second kappa shape index (κ2) is 7.25. The number of sulfonamides is 1. The van der Waals surface area contributed by atoms with E-state index < -0.39 is 27.9 Å². The third kappa shape index (κ3) is 4.80. The van der Waals surface area contributed by atoms with Gasteiger partial charge in [-0.05, 0) is 25.1 Å². The van der Waals surface area contributed by atoms with E-state index in [0.29, 0.717) is 12.2 Å². The Hall–Kier alpha value is -2.39. The quantitative estimate of drug-likeness (QED) is 0.606. The van der Waals surface area contributed by atoms with Crippen molar-refractivity contribution >= 4 is 27.6 Å². The number of carbonyl (C=O) groups excluding carboxylic acids is 1. The Morgan fingerprint density at radius 1 is 1.48 bits per heavy atom. The maximum Gasteiger partial charge on any atom is 0.325 e. The van der Waals surface area contributed by atoms with Crippen LogP contribution >= 0.6 is 0 Å². The summed E-state index contributed by atoms with van der Waals surface area (Å²) >= 11 is 0. The van der Waals surface area contributed by atoms with Gasteiger partial charge in [-0.15, -0.1) is 6.58 Å². The normalized spacial score (nSPS) is 12.3. The molecular formula is C14H19N3O5S. The molecule has 0 spiro atoms. The molecule has 0 fully saturated rings. The van der Waals surface area contributed by atoms with Crippen LogP contribution in [-0.4, -0.2) is 45.0 Å². The van der Waals surface area contributed by atoms with Crippen LogP contribution in [0.2, 0.25) is 0 Å². The number of anilines is 1. The Morgan fingerprint density at radius 3 is 2.57 bits per heavy atom. The van der Waals surface area contributed by atoms with Gasteiger partial charge < -0.3 is 15.3 Å². The highest BCUT2D eigenvalue weighted by atomic mass is 32.2.